The average molecular weight is 314 g/mol. The summed E-state index contributed by atoms with van der Waals surface area (Å²) in [6.07, 6.45) is -0.426. The minimum Gasteiger partial charge on any atom is -0.352 e. The standard InChI is InChI=1S/C12H26O5S2/c1-5-13-11(14-6-2)9-18-17-19-10-12(15-7-3)16-8-4/h11-12H,5-10H2,1-4H3. The molecule has 0 spiro atoms. The minimum atomic E-state index is -0.213. The Hall–Kier alpha value is 0.500. The van der Waals surface area contributed by atoms with E-state index in [1.165, 1.54) is 24.1 Å². The first kappa shape index (κ1) is 19.5. The summed E-state index contributed by atoms with van der Waals surface area (Å²) in [6.45, 7) is 10.3. The molecule has 0 saturated heterocycles. The zero-order valence-electron chi connectivity index (χ0n) is 12.3. The quantitative estimate of drug-likeness (QED) is 0.277. The number of ether oxygens (including phenoxy) is 4. The first-order valence-electron chi connectivity index (χ1n) is 6.65. The van der Waals surface area contributed by atoms with E-state index >= 15 is 0 Å². The fraction of sp³-hybridized carbons (Fsp3) is 1.00. The summed E-state index contributed by atoms with van der Waals surface area (Å²) < 4.78 is 27.0. The van der Waals surface area contributed by atoms with Crippen molar-refractivity contribution < 1.29 is 22.6 Å². The van der Waals surface area contributed by atoms with Gasteiger partial charge in [0.15, 0.2) is 12.6 Å². The monoisotopic (exact) mass is 314 g/mol. The Morgan fingerprint density at radius 3 is 1.21 bits per heavy atom. The Bertz CT molecular complexity index is 156. The van der Waals surface area contributed by atoms with Crippen molar-refractivity contribution in [2.75, 3.05) is 37.9 Å². The van der Waals surface area contributed by atoms with Crippen LogP contribution in [0.4, 0.5) is 0 Å². The minimum absolute atomic E-state index is 0.213. The second-order valence-electron chi connectivity index (χ2n) is 3.32. The summed E-state index contributed by atoms with van der Waals surface area (Å²) in [5.41, 5.74) is 0. The van der Waals surface area contributed by atoms with Gasteiger partial charge in [0, 0.05) is 50.5 Å². The van der Waals surface area contributed by atoms with Gasteiger partial charge in [0.1, 0.15) is 0 Å². The normalized spacial score (nSPS) is 11.7. The fourth-order valence-corrected chi connectivity index (χ4v) is 2.56. The maximum Gasteiger partial charge on any atom is 0.168 e. The van der Waals surface area contributed by atoms with E-state index in [4.69, 9.17) is 22.6 Å². The van der Waals surface area contributed by atoms with Crippen LogP contribution in [0.3, 0.4) is 0 Å². The lowest BCUT2D eigenvalue weighted by Gasteiger charge is -2.17. The molecule has 0 aromatic rings. The van der Waals surface area contributed by atoms with Gasteiger partial charge in [0.2, 0.25) is 0 Å². The molecule has 0 radical (unpaired) electrons. The predicted molar refractivity (Wildman–Crippen MR) is 80.1 cm³/mol. The van der Waals surface area contributed by atoms with Crippen LogP contribution in [0.1, 0.15) is 27.7 Å². The van der Waals surface area contributed by atoms with E-state index in [2.05, 4.69) is 0 Å². The molecule has 116 valence electrons. The number of hydrogen-bond acceptors (Lipinski definition) is 7. The average Bonchev–Trinajstić information content (AvgIpc) is 2.39. The summed E-state index contributed by atoms with van der Waals surface area (Å²) in [6, 6.07) is 0. The number of hydrogen-bond donors (Lipinski definition) is 0. The van der Waals surface area contributed by atoms with E-state index in [0.717, 1.165) is 0 Å². The van der Waals surface area contributed by atoms with Gasteiger partial charge in [-0.2, -0.15) is 0 Å². The van der Waals surface area contributed by atoms with E-state index in [9.17, 15) is 0 Å². The third kappa shape index (κ3) is 12.0. The first-order valence-corrected chi connectivity index (χ1v) is 8.47. The summed E-state index contributed by atoms with van der Waals surface area (Å²) >= 11 is 2.64. The van der Waals surface area contributed by atoms with Gasteiger partial charge in [-0.1, -0.05) is 0 Å². The molecule has 0 rings (SSSR count). The molecule has 0 aliphatic carbocycles. The van der Waals surface area contributed by atoms with Crippen LogP contribution in [0.15, 0.2) is 0 Å². The highest BCUT2D eigenvalue weighted by molar-refractivity contribution is 8.07. The lowest BCUT2D eigenvalue weighted by molar-refractivity contribution is -0.120. The fourth-order valence-electron chi connectivity index (χ4n) is 1.23. The molecule has 5 nitrogen and oxygen atoms in total. The molecule has 0 aromatic heterocycles. The molecule has 7 heteroatoms. The summed E-state index contributed by atoms with van der Waals surface area (Å²) in [5, 5.41) is 0. The molecule has 0 bridgehead atoms. The molecule has 0 heterocycles. The van der Waals surface area contributed by atoms with Gasteiger partial charge in [0.25, 0.3) is 0 Å². The van der Waals surface area contributed by atoms with Gasteiger partial charge in [-0.25, -0.2) is 3.63 Å². The summed E-state index contributed by atoms with van der Waals surface area (Å²) in [5.74, 6) is 1.28. The Labute approximate surface area is 125 Å². The van der Waals surface area contributed by atoms with E-state index in [1.54, 1.807) is 0 Å². The van der Waals surface area contributed by atoms with Crippen molar-refractivity contribution in [2.45, 2.75) is 40.3 Å². The van der Waals surface area contributed by atoms with Crippen LogP contribution in [-0.2, 0) is 22.6 Å². The molecule has 0 saturated carbocycles. The summed E-state index contributed by atoms with van der Waals surface area (Å²) in [4.78, 5) is 0. The van der Waals surface area contributed by atoms with Gasteiger partial charge in [-0.15, -0.1) is 0 Å². The van der Waals surface area contributed by atoms with Gasteiger partial charge in [0.05, 0.1) is 11.5 Å². The van der Waals surface area contributed by atoms with Gasteiger partial charge < -0.3 is 18.9 Å². The van der Waals surface area contributed by atoms with Crippen LogP contribution in [0.2, 0.25) is 0 Å². The van der Waals surface area contributed by atoms with E-state index < -0.39 is 0 Å². The lowest BCUT2D eigenvalue weighted by Crippen LogP contribution is -2.21. The molecular weight excluding hydrogens is 288 g/mol. The SMILES string of the molecule is CCOC(CSOSCC(OCC)OCC)OCC. The lowest BCUT2D eigenvalue weighted by atomic mass is 10.7. The highest BCUT2D eigenvalue weighted by atomic mass is 32.2. The van der Waals surface area contributed by atoms with E-state index in [0.29, 0.717) is 37.9 Å². The Morgan fingerprint density at radius 1 is 0.632 bits per heavy atom. The molecule has 0 aliphatic rings. The highest BCUT2D eigenvalue weighted by Crippen LogP contribution is 2.19. The molecule has 0 unspecified atom stereocenters. The van der Waals surface area contributed by atoms with Crippen LogP contribution in [0.25, 0.3) is 0 Å². The second kappa shape index (κ2) is 14.9. The molecule has 0 aromatic carbocycles. The van der Waals surface area contributed by atoms with Gasteiger partial charge >= 0.3 is 0 Å². The maximum atomic E-state index is 5.41. The largest absolute Gasteiger partial charge is 0.352 e. The zero-order valence-corrected chi connectivity index (χ0v) is 13.9. The second-order valence-corrected chi connectivity index (χ2v) is 5.00. The molecule has 0 aliphatic heterocycles. The van der Waals surface area contributed by atoms with Crippen molar-refractivity contribution in [1.29, 1.82) is 0 Å². The summed E-state index contributed by atoms with van der Waals surface area (Å²) in [7, 11) is 0. The topological polar surface area (TPSA) is 46.2 Å². The van der Waals surface area contributed by atoms with Crippen molar-refractivity contribution in [3.05, 3.63) is 0 Å². The molecule has 0 fully saturated rings. The van der Waals surface area contributed by atoms with E-state index in [-0.39, 0.29) is 12.6 Å². The van der Waals surface area contributed by atoms with Crippen LogP contribution in [0, 0.1) is 0 Å². The van der Waals surface area contributed by atoms with Crippen molar-refractivity contribution in [2.24, 2.45) is 0 Å². The third-order valence-electron chi connectivity index (χ3n) is 1.91. The Morgan fingerprint density at radius 2 is 0.947 bits per heavy atom. The highest BCUT2D eigenvalue weighted by Gasteiger charge is 2.11. The van der Waals surface area contributed by atoms with Crippen molar-refractivity contribution in [1.82, 2.24) is 0 Å². The molecule has 0 N–H and O–H groups in total. The smallest absolute Gasteiger partial charge is 0.168 e. The number of rotatable bonds is 14. The van der Waals surface area contributed by atoms with Crippen molar-refractivity contribution >= 4 is 24.1 Å². The van der Waals surface area contributed by atoms with Crippen molar-refractivity contribution in [3.63, 3.8) is 0 Å². The Balaban J connectivity index is 3.59. The molecule has 19 heavy (non-hydrogen) atoms. The maximum absolute atomic E-state index is 5.41. The third-order valence-corrected chi connectivity index (χ3v) is 3.50. The van der Waals surface area contributed by atoms with Crippen LogP contribution >= 0.6 is 24.1 Å². The molecular formula is C12H26O5S2. The van der Waals surface area contributed by atoms with Crippen LogP contribution in [-0.4, -0.2) is 50.5 Å². The first-order chi connectivity index (χ1) is 9.28. The molecule has 0 atom stereocenters. The van der Waals surface area contributed by atoms with Crippen molar-refractivity contribution in [3.8, 4) is 0 Å². The predicted octanol–water partition coefficient (Wildman–Crippen LogP) is 3.10. The van der Waals surface area contributed by atoms with Gasteiger partial charge in [-0.05, 0) is 27.7 Å². The van der Waals surface area contributed by atoms with E-state index in [1.807, 2.05) is 27.7 Å². The van der Waals surface area contributed by atoms with Crippen LogP contribution < -0.4 is 0 Å². The molecule has 0 amide bonds. The zero-order chi connectivity index (χ0) is 14.3. The Kier molecular flexibility index (Phi) is 15.3. The van der Waals surface area contributed by atoms with Crippen LogP contribution in [0.5, 0.6) is 0 Å². The van der Waals surface area contributed by atoms with Gasteiger partial charge in [-0.3, -0.25) is 0 Å².